The first kappa shape index (κ1) is 97.0. The number of aromatic nitrogens is 16. The van der Waals surface area contributed by atoms with E-state index in [4.69, 9.17) is 41.9 Å². The van der Waals surface area contributed by atoms with Gasteiger partial charge in [0.05, 0.1) is 100 Å². The van der Waals surface area contributed by atoms with E-state index in [2.05, 4.69) is 101 Å². The zero-order valence-corrected chi connectivity index (χ0v) is 70.6. The van der Waals surface area contributed by atoms with E-state index in [0.717, 1.165) is 0 Å². The van der Waals surface area contributed by atoms with Gasteiger partial charge in [-0.3, -0.25) is 95.7 Å². The summed E-state index contributed by atoms with van der Waals surface area (Å²) in [6.07, 6.45) is 4.75. The highest BCUT2D eigenvalue weighted by Gasteiger charge is 2.34. The SMILES string of the molecule is CC(=O)[C@@H](C)NP(=O)(COCCn1cnc2c(=O)[nH]c(N)nc21)N[C@H](C)C(C)=O.CC(=O)[C@@H](C)NP(=O)(COCCn1cnc2c(=O)[nH]c(N)nc21)N[C@H](C)C(C)=O.CC(=O)[C@H](C)NP(=O)(COCCn1cnc2c(=O)[nH]c(N)nc21)N[C@@H](C)C(C)=O.CC(=O)[C@H](C)NP(=O)(COCCn1cnc2c(=O)[nH]c(N)nc21)N[C@H](C)C(C)=O. The van der Waals surface area contributed by atoms with Gasteiger partial charge in [0.15, 0.2) is 44.7 Å². The molecule has 0 aliphatic heterocycles. The number of imidazole rings is 4. The van der Waals surface area contributed by atoms with Gasteiger partial charge in [-0.05, 0) is 111 Å². The zero-order chi connectivity index (χ0) is 87.1. The van der Waals surface area contributed by atoms with Gasteiger partial charge in [-0.15, -0.1) is 0 Å². The number of H-pyrrole nitrogens is 4. The predicted molar refractivity (Wildman–Crippen MR) is 430 cm³/mol. The van der Waals surface area contributed by atoms with E-state index in [1.54, 1.807) is 73.7 Å². The molecule has 640 valence electrons. The molecular weight excluding hydrogens is 1600 g/mol. The molecule has 1 unspecified atom stereocenters. The van der Waals surface area contributed by atoms with Crippen molar-refractivity contribution in [3.8, 4) is 0 Å². The number of nitrogens with two attached hydrogens (primary N) is 4. The summed E-state index contributed by atoms with van der Waals surface area (Å²) in [5, 5.41) is 21.9. The molecule has 48 nitrogen and oxygen atoms in total. The van der Waals surface area contributed by atoms with Gasteiger partial charge in [-0.2, -0.15) is 19.9 Å². The molecule has 0 aliphatic carbocycles. The summed E-state index contributed by atoms with van der Waals surface area (Å²) in [5.41, 5.74) is 22.3. The number of ether oxygens (including phenoxy) is 4. The minimum absolute atomic E-state index is 0.0282. The van der Waals surface area contributed by atoms with Crippen LogP contribution in [-0.4, -0.2) is 224 Å². The minimum Gasteiger partial charge on any atom is -0.369 e. The monoisotopic (exact) mass is 1710 g/mol. The number of nitrogens with zero attached hydrogens (tertiary/aromatic N) is 12. The Hall–Kier alpha value is -9.60. The van der Waals surface area contributed by atoms with Crippen molar-refractivity contribution in [1.82, 2.24) is 119 Å². The van der Waals surface area contributed by atoms with Crippen LogP contribution >= 0.6 is 29.8 Å². The van der Waals surface area contributed by atoms with Crippen LogP contribution in [0.5, 0.6) is 0 Å². The van der Waals surface area contributed by atoms with E-state index in [0.29, 0.717) is 22.6 Å². The van der Waals surface area contributed by atoms with Gasteiger partial charge in [0.2, 0.25) is 53.6 Å². The van der Waals surface area contributed by atoms with Crippen molar-refractivity contribution in [2.45, 2.75) is 185 Å². The number of ketones is 8. The van der Waals surface area contributed by atoms with E-state index >= 15 is 0 Å². The van der Waals surface area contributed by atoms with Crippen LogP contribution in [0.2, 0.25) is 0 Å². The molecule has 0 radical (unpaired) electrons. The Kier molecular flexibility index (Phi) is 36.4. The highest BCUT2D eigenvalue weighted by atomic mass is 31.2. The number of hydrogen-bond acceptors (Lipinski definition) is 32. The van der Waals surface area contributed by atoms with Crippen LogP contribution in [0.4, 0.5) is 23.8 Å². The maximum atomic E-state index is 13.2. The molecule has 0 spiro atoms. The number of hydrogen-bond donors (Lipinski definition) is 16. The van der Waals surface area contributed by atoms with Crippen molar-refractivity contribution in [2.75, 3.05) is 74.8 Å². The summed E-state index contributed by atoms with van der Waals surface area (Å²) < 4.78 is 81.1. The normalized spacial score (nSPS) is 14.5. The predicted octanol–water partition coefficient (Wildman–Crippen LogP) is 0.0128. The Balaban J connectivity index is 0.000000276. The number of rotatable bonds is 44. The molecule has 0 saturated carbocycles. The highest BCUT2D eigenvalue weighted by molar-refractivity contribution is 7.60. The summed E-state index contributed by atoms with van der Waals surface area (Å²) in [6, 6.07) is -5.39. The smallest absolute Gasteiger partial charge is 0.280 e. The lowest BCUT2D eigenvalue weighted by Gasteiger charge is -2.26. The van der Waals surface area contributed by atoms with Crippen molar-refractivity contribution < 1.29 is 75.6 Å². The third kappa shape index (κ3) is 29.5. The number of Topliss-reactive ketones (excluding diaryl/α,β-unsaturated/α-hetero) is 8. The first-order valence-electron chi connectivity index (χ1n) is 35.8. The van der Waals surface area contributed by atoms with Crippen molar-refractivity contribution in [3.63, 3.8) is 0 Å². The van der Waals surface area contributed by atoms with Crippen molar-refractivity contribution in [3.05, 3.63) is 66.7 Å². The van der Waals surface area contributed by atoms with Gasteiger partial charge in [0.1, 0.15) is 71.7 Å². The molecule has 52 heteroatoms. The summed E-state index contributed by atoms with van der Waals surface area (Å²) in [7, 11) is -13.6. The highest BCUT2D eigenvalue weighted by Crippen LogP contribution is 2.41. The number of aromatic amines is 4. The number of nitrogen functional groups attached to an aromatic ring is 4. The molecule has 8 heterocycles. The number of fused-ring (bicyclic) bond motifs is 4. The molecule has 8 rings (SSSR count). The topological polar surface area (TPSA) is 696 Å². The third-order valence-electron chi connectivity index (χ3n) is 17.1. The zero-order valence-electron chi connectivity index (χ0n) is 67.0. The standard InChI is InChI=1S/4C16H26N7O5P/c4*1-9(11(3)24)21-29(27,22-10(2)12(4)25)8-28-6-5-23-7-18-13-14(23)19-16(17)20-15(13)26/h4*7,9-10H,5-6,8H2,1-4H3,(H2,21,22,27)(H3,17,19,20,26)/t9-,10+,29?;3*9-,10-/m.110/s1. The summed E-state index contributed by atoms with van der Waals surface area (Å²) >= 11 is 0. The molecular formula is C64H104N28O20P4. The van der Waals surface area contributed by atoms with Gasteiger partial charge < -0.3 is 60.2 Å². The van der Waals surface area contributed by atoms with E-state index in [1.165, 1.54) is 80.7 Å². The fourth-order valence-electron chi connectivity index (χ4n) is 9.64. The average molecular weight is 1710 g/mol. The maximum Gasteiger partial charge on any atom is 0.280 e. The second-order valence-corrected chi connectivity index (χ2v) is 36.1. The van der Waals surface area contributed by atoms with E-state index in [-0.39, 0.29) is 170 Å². The summed E-state index contributed by atoms with van der Waals surface area (Å²) in [5.74, 6) is -1.66. The van der Waals surface area contributed by atoms with Crippen LogP contribution in [-0.2, 0) is 102 Å². The molecule has 0 aromatic carbocycles. The van der Waals surface area contributed by atoms with Crippen LogP contribution in [0.1, 0.15) is 111 Å². The van der Waals surface area contributed by atoms with Gasteiger partial charge in [0, 0.05) is 26.2 Å². The van der Waals surface area contributed by atoms with Crippen LogP contribution in [0, 0.1) is 0 Å². The first-order valence-corrected chi connectivity index (χ1v) is 43.4. The summed E-state index contributed by atoms with van der Waals surface area (Å²) in [6.45, 7) is 25.3. The van der Waals surface area contributed by atoms with E-state index < -0.39 is 100 Å². The molecule has 9 atom stereocenters. The lowest BCUT2D eigenvalue weighted by molar-refractivity contribution is -0.119. The lowest BCUT2D eigenvalue weighted by Crippen LogP contribution is -2.40. The van der Waals surface area contributed by atoms with Gasteiger partial charge in [-0.1, -0.05) is 0 Å². The Morgan fingerprint density at radius 1 is 0.319 bits per heavy atom. The summed E-state index contributed by atoms with van der Waals surface area (Å²) in [4.78, 5) is 181. The Morgan fingerprint density at radius 3 is 0.603 bits per heavy atom. The number of nitrogens with one attached hydrogen (secondary N) is 12. The van der Waals surface area contributed by atoms with Gasteiger partial charge in [-0.25, -0.2) is 60.6 Å². The van der Waals surface area contributed by atoms with Crippen LogP contribution < -0.4 is 85.9 Å². The van der Waals surface area contributed by atoms with Crippen LogP contribution in [0.25, 0.3) is 44.7 Å². The fraction of sp³-hybridized carbons (Fsp3) is 0.562. The van der Waals surface area contributed by atoms with Crippen molar-refractivity contribution in [2.24, 2.45) is 0 Å². The molecule has 0 saturated heterocycles. The van der Waals surface area contributed by atoms with Crippen molar-refractivity contribution in [1.29, 1.82) is 0 Å². The number of carbonyl (C=O) groups is 8. The maximum absolute atomic E-state index is 13.2. The fourth-order valence-corrected chi connectivity index (χ4v) is 18.5. The minimum atomic E-state index is -3.39. The quantitative estimate of drug-likeness (QED) is 0.0177. The largest absolute Gasteiger partial charge is 0.369 e. The van der Waals surface area contributed by atoms with Crippen LogP contribution in [0.3, 0.4) is 0 Å². The molecule has 8 aromatic rings. The second kappa shape index (κ2) is 43.6. The number of carbonyl (C=O) groups excluding carboxylic acids is 8. The molecule has 0 bridgehead atoms. The third-order valence-corrected chi connectivity index (χ3v) is 25.7. The van der Waals surface area contributed by atoms with Crippen LogP contribution in [0.15, 0.2) is 44.5 Å². The second-order valence-electron chi connectivity index (χ2n) is 27.0. The molecule has 0 amide bonds. The van der Waals surface area contributed by atoms with E-state index in [9.17, 15) is 75.8 Å². The van der Waals surface area contributed by atoms with Crippen molar-refractivity contribution >= 4 is 144 Å². The molecule has 0 aliphatic rings. The number of anilines is 4. The average Bonchev–Trinajstić information content (AvgIpc) is 1.67. The van der Waals surface area contributed by atoms with Gasteiger partial charge >= 0.3 is 0 Å². The Labute approximate surface area is 662 Å². The Morgan fingerprint density at radius 2 is 0.466 bits per heavy atom. The molecule has 0 fully saturated rings. The van der Waals surface area contributed by atoms with Gasteiger partial charge in [0.25, 0.3) is 22.2 Å². The first-order chi connectivity index (χ1) is 54.1. The molecule has 116 heavy (non-hydrogen) atoms. The van der Waals surface area contributed by atoms with E-state index in [1.807, 2.05) is 0 Å². The lowest BCUT2D eigenvalue weighted by atomic mass is 10.3. The Bertz CT molecular complexity index is 4540. The molecule has 8 aromatic heterocycles. The molecule has 20 N–H and O–H groups in total.